The van der Waals surface area contributed by atoms with Gasteiger partial charge in [0.25, 0.3) is 5.69 Å². The summed E-state index contributed by atoms with van der Waals surface area (Å²) in [6.45, 7) is 4.28. The molecule has 0 aliphatic heterocycles. The average Bonchev–Trinajstić information content (AvgIpc) is 2.30. The van der Waals surface area contributed by atoms with Crippen molar-refractivity contribution in [3.05, 3.63) is 38.9 Å². The van der Waals surface area contributed by atoms with Gasteiger partial charge in [0.2, 0.25) is 0 Å². The zero-order valence-corrected chi connectivity index (χ0v) is 11.1. The molecule has 0 aromatic heterocycles. The van der Waals surface area contributed by atoms with Crippen molar-refractivity contribution in [1.82, 2.24) is 5.32 Å². The van der Waals surface area contributed by atoms with Crippen LogP contribution in [0.3, 0.4) is 0 Å². The zero-order valence-electron chi connectivity index (χ0n) is 10.4. The van der Waals surface area contributed by atoms with Gasteiger partial charge in [-0.25, -0.2) is 0 Å². The van der Waals surface area contributed by atoms with Gasteiger partial charge in [0.05, 0.1) is 11.5 Å². The first kappa shape index (κ1) is 14.9. The number of nitrogens with one attached hydrogen (secondary N) is 1. The third kappa shape index (κ3) is 3.94. The standard InChI is InChI=1S/C12H17ClN2O3/c1-8(2)11(7-16)14-6-9-3-4-10(13)5-12(9)15(17)18/h3-5,8,11,14,16H,6-7H2,1-2H3. The number of hydrogen-bond acceptors (Lipinski definition) is 4. The highest BCUT2D eigenvalue weighted by atomic mass is 35.5. The third-order valence-electron chi connectivity index (χ3n) is 2.80. The minimum atomic E-state index is -0.452. The number of benzene rings is 1. The van der Waals surface area contributed by atoms with Gasteiger partial charge in [-0.15, -0.1) is 0 Å². The van der Waals surface area contributed by atoms with Crippen LogP contribution in [0.2, 0.25) is 5.02 Å². The molecule has 0 spiro atoms. The van der Waals surface area contributed by atoms with E-state index >= 15 is 0 Å². The smallest absolute Gasteiger partial charge is 0.275 e. The molecule has 1 rings (SSSR count). The summed E-state index contributed by atoms with van der Waals surface area (Å²) in [5, 5.41) is 23.5. The highest BCUT2D eigenvalue weighted by molar-refractivity contribution is 6.30. The number of nitro groups is 1. The molecule has 0 bridgehead atoms. The largest absolute Gasteiger partial charge is 0.395 e. The lowest BCUT2D eigenvalue weighted by atomic mass is 10.0. The minimum absolute atomic E-state index is 0.000938. The van der Waals surface area contributed by atoms with E-state index in [2.05, 4.69) is 5.32 Å². The summed E-state index contributed by atoms with van der Waals surface area (Å²) in [5.74, 6) is 0.251. The fourth-order valence-corrected chi connectivity index (χ4v) is 1.77. The molecular weight excluding hydrogens is 256 g/mol. The molecule has 0 heterocycles. The molecule has 2 N–H and O–H groups in total. The number of rotatable bonds is 6. The van der Waals surface area contributed by atoms with Gasteiger partial charge >= 0.3 is 0 Å². The molecule has 1 atom stereocenters. The van der Waals surface area contributed by atoms with Gasteiger partial charge in [0, 0.05) is 29.2 Å². The molecule has 6 heteroatoms. The first-order valence-electron chi connectivity index (χ1n) is 5.72. The van der Waals surface area contributed by atoms with Crippen molar-refractivity contribution in [1.29, 1.82) is 0 Å². The SMILES string of the molecule is CC(C)C(CO)NCc1ccc(Cl)cc1[N+](=O)[O-]. The van der Waals surface area contributed by atoms with Crippen molar-refractivity contribution in [2.45, 2.75) is 26.4 Å². The molecule has 0 aliphatic carbocycles. The van der Waals surface area contributed by atoms with Crippen LogP contribution in [0.4, 0.5) is 5.69 Å². The quantitative estimate of drug-likeness (QED) is 0.616. The van der Waals surface area contributed by atoms with E-state index in [4.69, 9.17) is 11.6 Å². The van der Waals surface area contributed by atoms with Gasteiger partial charge < -0.3 is 10.4 Å². The monoisotopic (exact) mass is 272 g/mol. The number of halogens is 1. The highest BCUT2D eigenvalue weighted by Gasteiger charge is 2.17. The van der Waals surface area contributed by atoms with Crippen molar-refractivity contribution in [3.8, 4) is 0 Å². The van der Waals surface area contributed by atoms with Gasteiger partial charge in [0.1, 0.15) is 0 Å². The van der Waals surface area contributed by atoms with E-state index in [9.17, 15) is 15.2 Å². The second kappa shape index (κ2) is 6.68. The molecule has 0 radical (unpaired) electrons. The number of aliphatic hydroxyl groups is 1. The van der Waals surface area contributed by atoms with Gasteiger partial charge in [0.15, 0.2) is 0 Å². The van der Waals surface area contributed by atoms with E-state index < -0.39 is 4.92 Å². The van der Waals surface area contributed by atoms with Crippen molar-refractivity contribution < 1.29 is 10.0 Å². The molecule has 0 aliphatic rings. The zero-order chi connectivity index (χ0) is 13.7. The number of hydrogen-bond donors (Lipinski definition) is 2. The second-order valence-electron chi connectivity index (χ2n) is 4.44. The van der Waals surface area contributed by atoms with Crippen molar-refractivity contribution in [2.75, 3.05) is 6.61 Å². The first-order chi connectivity index (χ1) is 8.45. The van der Waals surface area contributed by atoms with Crippen LogP contribution in [0.5, 0.6) is 0 Å². The lowest BCUT2D eigenvalue weighted by Gasteiger charge is -2.19. The Morgan fingerprint density at radius 3 is 2.67 bits per heavy atom. The maximum atomic E-state index is 10.9. The lowest BCUT2D eigenvalue weighted by molar-refractivity contribution is -0.385. The van der Waals surface area contributed by atoms with E-state index in [0.717, 1.165) is 0 Å². The van der Waals surface area contributed by atoms with Crippen LogP contribution >= 0.6 is 11.6 Å². The Bertz CT molecular complexity index is 424. The van der Waals surface area contributed by atoms with Crippen molar-refractivity contribution >= 4 is 17.3 Å². The summed E-state index contributed by atoms with van der Waals surface area (Å²) in [7, 11) is 0. The first-order valence-corrected chi connectivity index (χ1v) is 6.10. The predicted octanol–water partition coefficient (Wildman–Crippen LogP) is 2.35. The molecule has 5 nitrogen and oxygen atoms in total. The molecule has 1 aromatic carbocycles. The number of nitrogens with zero attached hydrogens (tertiary/aromatic N) is 1. The summed E-state index contributed by atoms with van der Waals surface area (Å²) in [6, 6.07) is 4.50. The van der Waals surface area contributed by atoms with E-state index in [0.29, 0.717) is 17.1 Å². The predicted molar refractivity (Wildman–Crippen MR) is 70.7 cm³/mol. The van der Waals surface area contributed by atoms with Crippen molar-refractivity contribution in [2.24, 2.45) is 5.92 Å². The summed E-state index contributed by atoms with van der Waals surface area (Å²) in [6.07, 6.45) is 0. The summed E-state index contributed by atoms with van der Waals surface area (Å²) < 4.78 is 0. The van der Waals surface area contributed by atoms with Gasteiger partial charge in [-0.1, -0.05) is 25.4 Å². The normalized spacial score (nSPS) is 12.7. The minimum Gasteiger partial charge on any atom is -0.395 e. The maximum absolute atomic E-state index is 10.9. The highest BCUT2D eigenvalue weighted by Crippen LogP contribution is 2.23. The van der Waals surface area contributed by atoms with Crippen molar-refractivity contribution in [3.63, 3.8) is 0 Å². The maximum Gasteiger partial charge on any atom is 0.275 e. The Labute approximate surface area is 111 Å². The summed E-state index contributed by atoms with van der Waals surface area (Å²) in [4.78, 5) is 10.4. The van der Waals surface area contributed by atoms with Crippen LogP contribution in [-0.2, 0) is 6.54 Å². The summed E-state index contributed by atoms with van der Waals surface area (Å²) in [5.41, 5.74) is 0.555. The second-order valence-corrected chi connectivity index (χ2v) is 4.88. The fourth-order valence-electron chi connectivity index (χ4n) is 1.61. The van der Waals surface area contributed by atoms with E-state index in [1.165, 1.54) is 6.07 Å². The van der Waals surface area contributed by atoms with Crippen LogP contribution in [0.25, 0.3) is 0 Å². The van der Waals surface area contributed by atoms with Gasteiger partial charge in [-0.2, -0.15) is 0 Å². The topological polar surface area (TPSA) is 75.4 Å². The molecule has 0 saturated heterocycles. The average molecular weight is 273 g/mol. The number of nitro benzene ring substituents is 1. The molecular formula is C12H17ClN2O3. The number of aliphatic hydroxyl groups excluding tert-OH is 1. The molecule has 1 aromatic rings. The molecule has 18 heavy (non-hydrogen) atoms. The van der Waals surface area contributed by atoms with Gasteiger partial charge in [-0.05, 0) is 18.1 Å². The van der Waals surface area contributed by atoms with Crippen LogP contribution in [-0.4, -0.2) is 22.7 Å². The van der Waals surface area contributed by atoms with Crippen LogP contribution in [0.1, 0.15) is 19.4 Å². The Morgan fingerprint density at radius 2 is 2.17 bits per heavy atom. The molecule has 0 saturated carbocycles. The lowest BCUT2D eigenvalue weighted by Crippen LogP contribution is -2.36. The third-order valence-corrected chi connectivity index (χ3v) is 3.04. The van der Waals surface area contributed by atoms with E-state index in [-0.39, 0.29) is 24.3 Å². The van der Waals surface area contributed by atoms with Crippen LogP contribution < -0.4 is 5.32 Å². The molecule has 1 unspecified atom stereocenters. The molecule has 0 amide bonds. The Kier molecular flexibility index (Phi) is 5.53. The van der Waals surface area contributed by atoms with E-state index in [1.54, 1.807) is 12.1 Å². The van der Waals surface area contributed by atoms with Crippen LogP contribution in [0.15, 0.2) is 18.2 Å². The Balaban J connectivity index is 2.81. The Hall–Kier alpha value is -1.17. The Morgan fingerprint density at radius 1 is 1.50 bits per heavy atom. The summed E-state index contributed by atoms with van der Waals surface area (Å²) >= 11 is 5.74. The fraction of sp³-hybridized carbons (Fsp3) is 0.500. The van der Waals surface area contributed by atoms with Crippen LogP contribution in [0, 0.1) is 16.0 Å². The molecule has 100 valence electrons. The van der Waals surface area contributed by atoms with E-state index in [1.807, 2.05) is 13.8 Å². The molecule has 0 fully saturated rings. The van der Waals surface area contributed by atoms with Gasteiger partial charge in [-0.3, -0.25) is 10.1 Å².